The monoisotopic (exact) mass is 272 g/mol. The van der Waals surface area contributed by atoms with E-state index in [0.717, 1.165) is 12.8 Å². The van der Waals surface area contributed by atoms with Crippen LogP contribution in [0.3, 0.4) is 0 Å². The van der Waals surface area contributed by atoms with E-state index < -0.39 is 5.54 Å². The van der Waals surface area contributed by atoms with Gasteiger partial charge in [0.1, 0.15) is 0 Å². The molecule has 3 nitrogen and oxygen atoms in total. The van der Waals surface area contributed by atoms with Crippen LogP contribution in [0, 0.1) is 5.92 Å². The van der Waals surface area contributed by atoms with Crippen LogP contribution >= 0.6 is 23.2 Å². The topological polar surface area (TPSA) is 55.1 Å². The van der Waals surface area contributed by atoms with Gasteiger partial charge in [0, 0.05) is 0 Å². The van der Waals surface area contributed by atoms with Crippen molar-refractivity contribution in [1.82, 2.24) is 0 Å². The van der Waals surface area contributed by atoms with Gasteiger partial charge in [0.25, 0.3) is 0 Å². The Morgan fingerprint density at radius 1 is 1.47 bits per heavy atom. The highest BCUT2D eigenvalue weighted by Gasteiger charge is 2.44. The fourth-order valence-corrected chi connectivity index (χ4v) is 2.07. The number of halogens is 2. The summed E-state index contributed by atoms with van der Waals surface area (Å²) in [5.74, 6) is 0.0460. The van der Waals surface area contributed by atoms with Crippen molar-refractivity contribution in [3.63, 3.8) is 0 Å². The van der Waals surface area contributed by atoms with Crippen molar-refractivity contribution in [3.05, 3.63) is 28.2 Å². The Morgan fingerprint density at radius 3 is 2.71 bits per heavy atom. The molecule has 0 heterocycles. The standard InChI is InChI=1S/C12H14Cl2N2O/c1-12(15,7-5-6-7)11(17)16-9-4-2-3-8(13)10(9)14/h2-4,7H,5-6,15H2,1H3,(H,16,17). The molecule has 1 aliphatic carbocycles. The zero-order valence-electron chi connectivity index (χ0n) is 9.47. The van der Waals surface area contributed by atoms with E-state index in [0.29, 0.717) is 15.7 Å². The summed E-state index contributed by atoms with van der Waals surface area (Å²) in [6.45, 7) is 1.75. The van der Waals surface area contributed by atoms with Crippen LogP contribution in [-0.2, 0) is 4.79 Å². The third-order valence-electron chi connectivity index (χ3n) is 3.11. The number of nitrogens with two attached hydrogens (primary N) is 1. The molecule has 1 aliphatic rings. The molecule has 0 radical (unpaired) electrons. The summed E-state index contributed by atoms with van der Waals surface area (Å²) in [7, 11) is 0. The quantitative estimate of drug-likeness (QED) is 0.889. The number of nitrogens with one attached hydrogen (secondary N) is 1. The van der Waals surface area contributed by atoms with E-state index in [2.05, 4.69) is 5.32 Å². The van der Waals surface area contributed by atoms with E-state index in [1.165, 1.54) is 0 Å². The van der Waals surface area contributed by atoms with E-state index in [9.17, 15) is 4.79 Å². The van der Waals surface area contributed by atoms with Gasteiger partial charge >= 0.3 is 0 Å². The molecule has 0 aromatic heterocycles. The number of hydrogen-bond donors (Lipinski definition) is 2. The summed E-state index contributed by atoms with van der Waals surface area (Å²) >= 11 is 11.9. The van der Waals surface area contributed by atoms with E-state index in [-0.39, 0.29) is 11.8 Å². The van der Waals surface area contributed by atoms with Crippen LogP contribution < -0.4 is 11.1 Å². The highest BCUT2D eigenvalue weighted by Crippen LogP contribution is 2.39. The van der Waals surface area contributed by atoms with Gasteiger partial charge in [0.05, 0.1) is 21.3 Å². The van der Waals surface area contributed by atoms with Gasteiger partial charge in [0.15, 0.2) is 0 Å². The minimum atomic E-state index is -0.842. The van der Waals surface area contributed by atoms with Crippen LogP contribution in [0.5, 0.6) is 0 Å². The highest BCUT2D eigenvalue weighted by molar-refractivity contribution is 6.44. The molecule has 0 bridgehead atoms. The highest BCUT2D eigenvalue weighted by atomic mass is 35.5. The number of hydrogen-bond acceptors (Lipinski definition) is 2. The number of anilines is 1. The van der Waals surface area contributed by atoms with Crippen molar-refractivity contribution in [2.24, 2.45) is 11.7 Å². The first-order chi connectivity index (χ1) is 7.93. The molecule has 5 heteroatoms. The van der Waals surface area contributed by atoms with Crippen molar-refractivity contribution in [3.8, 4) is 0 Å². The molecule has 2 rings (SSSR count). The van der Waals surface area contributed by atoms with Crippen LogP contribution in [0.25, 0.3) is 0 Å². The predicted octanol–water partition coefficient (Wildman–Crippen LogP) is 3.06. The van der Waals surface area contributed by atoms with Crippen LogP contribution in [0.2, 0.25) is 10.0 Å². The van der Waals surface area contributed by atoms with Crippen LogP contribution in [0.4, 0.5) is 5.69 Å². The first kappa shape index (κ1) is 12.7. The lowest BCUT2D eigenvalue weighted by molar-refractivity contribution is -0.121. The average Bonchev–Trinajstić information content (AvgIpc) is 3.08. The van der Waals surface area contributed by atoms with Crippen molar-refractivity contribution < 1.29 is 4.79 Å². The Hall–Kier alpha value is -0.770. The first-order valence-electron chi connectivity index (χ1n) is 5.47. The maximum absolute atomic E-state index is 12.0. The second kappa shape index (κ2) is 4.48. The molecule has 0 saturated heterocycles. The van der Waals surface area contributed by atoms with Gasteiger partial charge in [-0.05, 0) is 37.8 Å². The van der Waals surface area contributed by atoms with Gasteiger partial charge in [0.2, 0.25) is 5.91 Å². The Bertz CT molecular complexity index is 456. The summed E-state index contributed by atoms with van der Waals surface area (Å²) in [6, 6.07) is 5.10. The molecule has 1 unspecified atom stereocenters. The fourth-order valence-electron chi connectivity index (χ4n) is 1.73. The maximum Gasteiger partial charge on any atom is 0.244 e. The predicted molar refractivity (Wildman–Crippen MR) is 70.4 cm³/mol. The first-order valence-corrected chi connectivity index (χ1v) is 6.23. The molecule has 0 aliphatic heterocycles. The summed E-state index contributed by atoms with van der Waals surface area (Å²) in [5.41, 5.74) is 5.67. The molecule has 0 spiro atoms. The van der Waals surface area contributed by atoms with Crippen LogP contribution in [0.1, 0.15) is 19.8 Å². The second-order valence-electron chi connectivity index (χ2n) is 4.61. The van der Waals surface area contributed by atoms with Gasteiger partial charge in [-0.25, -0.2) is 0 Å². The van der Waals surface area contributed by atoms with Gasteiger partial charge < -0.3 is 11.1 Å². The lowest BCUT2D eigenvalue weighted by atomic mass is 9.96. The Balaban J connectivity index is 2.15. The maximum atomic E-state index is 12.0. The third kappa shape index (κ3) is 2.57. The number of rotatable bonds is 3. The van der Waals surface area contributed by atoms with E-state index in [4.69, 9.17) is 28.9 Å². The van der Waals surface area contributed by atoms with Gasteiger partial charge in [-0.15, -0.1) is 0 Å². The molecule has 1 aromatic carbocycles. The third-order valence-corrected chi connectivity index (χ3v) is 3.93. The minimum absolute atomic E-state index is 0.218. The zero-order chi connectivity index (χ0) is 12.6. The smallest absolute Gasteiger partial charge is 0.244 e. The van der Waals surface area contributed by atoms with Crippen LogP contribution in [0.15, 0.2) is 18.2 Å². The van der Waals surface area contributed by atoms with E-state index >= 15 is 0 Å². The van der Waals surface area contributed by atoms with Gasteiger partial charge in [-0.3, -0.25) is 4.79 Å². The minimum Gasteiger partial charge on any atom is -0.323 e. The normalized spacial score (nSPS) is 18.6. The molecule has 92 valence electrons. The summed E-state index contributed by atoms with van der Waals surface area (Å²) in [6.07, 6.45) is 2.01. The molecular weight excluding hydrogens is 259 g/mol. The molecule has 1 aromatic rings. The largest absolute Gasteiger partial charge is 0.323 e. The number of amides is 1. The van der Waals surface area contributed by atoms with Crippen molar-refractivity contribution in [2.75, 3.05) is 5.32 Å². The summed E-state index contributed by atoms with van der Waals surface area (Å²) < 4.78 is 0. The SMILES string of the molecule is CC(N)(C(=O)Nc1cccc(Cl)c1Cl)C1CC1. The number of benzene rings is 1. The Labute approximate surface area is 110 Å². The number of carbonyl (C=O) groups is 1. The molecule has 1 fully saturated rings. The molecule has 1 atom stereocenters. The van der Waals surface area contributed by atoms with Crippen molar-refractivity contribution in [2.45, 2.75) is 25.3 Å². The van der Waals surface area contributed by atoms with Crippen molar-refractivity contribution >= 4 is 34.8 Å². The van der Waals surface area contributed by atoms with Crippen LogP contribution in [-0.4, -0.2) is 11.4 Å². The fraction of sp³-hybridized carbons (Fsp3) is 0.417. The summed E-state index contributed by atoms with van der Waals surface area (Å²) in [5, 5.41) is 3.49. The molecular formula is C12H14Cl2N2O. The zero-order valence-corrected chi connectivity index (χ0v) is 11.0. The molecule has 3 N–H and O–H groups in total. The van der Waals surface area contributed by atoms with Crippen molar-refractivity contribution in [1.29, 1.82) is 0 Å². The molecule has 1 saturated carbocycles. The van der Waals surface area contributed by atoms with Gasteiger partial charge in [-0.2, -0.15) is 0 Å². The summed E-state index contributed by atoms with van der Waals surface area (Å²) in [4.78, 5) is 12.0. The number of carbonyl (C=O) groups excluding carboxylic acids is 1. The second-order valence-corrected chi connectivity index (χ2v) is 5.40. The average molecular weight is 273 g/mol. The lowest BCUT2D eigenvalue weighted by Gasteiger charge is -2.23. The van der Waals surface area contributed by atoms with E-state index in [1.807, 2.05) is 0 Å². The Kier molecular flexibility index (Phi) is 3.34. The molecule has 1 amide bonds. The lowest BCUT2D eigenvalue weighted by Crippen LogP contribution is -2.50. The Morgan fingerprint density at radius 2 is 2.12 bits per heavy atom. The van der Waals surface area contributed by atoms with Gasteiger partial charge in [-0.1, -0.05) is 29.3 Å². The molecule has 17 heavy (non-hydrogen) atoms. The van der Waals surface area contributed by atoms with E-state index in [1.54, 1.807) is 25.1 Å².